The summed E-state index contributed by atoms with van der Waals surface area (Å²) >= 11 is 3.45. The molecule has 0 saturated heterocycles. The molecule has 1 aromatic carbocycles. The van der Waals surface area contributed by atoms with Crippen molar-refractivity contribution >= 4 is 21.6 Å². The summed E-state index contributed by atoms with van der Waals surface area (Å²) in [7, 11) is 1.66. The second-order valence-electron chi connectivity index (χ2n) is 4.51. The van der Waals surface area contributed by atoms with Crippen LogP contribution in [0.25, 0.3) is 0 Å². The maximum atomic E-state index is 5.91. The Morgan fingerprint density at radius 3 is 2.62 bits per heavy atom. The number of methoxy groups -OCH3 is 1. The molecule has 0 saturated carbocycles. The van der Waals surface area contributed by atoms with Crippen molar-refractivity contribution in [1.82, 2.24) is 0 Å². The highest BCUT2D eigenvalue weighted by Gasteiger charge is 2.09. The summed E-state index contributed by atoms with van der Waals surface area (Å²) < 4.78 is 6.11. The van der Waals surface area contributed by atoms with E-state index < -0.39 is 0 Å². The molecule has 0 unspecified atom stereocenters. The predicted octanol–water partition coefficient (Wildman–Crippen LogP) is 3.00. The average molecular weight is 287 g/mol. The lowest BCUT2D eigenvalue weighted by atomic mass is 10.0. The number of hydrogen-bond acceptors (Lipinski definition) is 3. The summed E-state index contributed by atoms with van der Waals surface area (Å²) in [4.78, 5) is 0. The van der Waals surface area contributed by atoms with Gasteiger partial charge in [-0.1, -0.05) is 0 Å². The Hall–Kier alpha value is -0.740. The van der Waals surface area contributed by atoms with Gasteiger partial charge in [-0.15, -0.1) is 0 Å². The van der Waals surface area contributed by atoms with Crippen LogP contribution in [-0.2, 0) is 0 Å². The highest BCUT2D eigenvalue weighted by atomic mass is 79.9. The number of anilines is 1. The first-order chi connectivity index (χ1) is 7.42. The van der Waals surface area contributed by atoms with Gasteiger partial charge in [0.2, 0.25) is 0 Å². The molecule has 3 N–H and O–H groups in total. The van der Waals surface area contributed by atoms with Gasteiger partial charge in [0.1, 0.15) is 5.75 Å². The lowest BCUT2D eigenvalue weighted by Crippen LogP contribution is -2.34. The Balaban J connectivity index is 2.52. The van der Waals surface area contributed by atoms with Crippen molar-refractivity contribution in [3.63, 3.8) is 0 Å². The van der Waals surface area contributed by atoms with Crippen LogP contribution in [0.1, 0.15) is 20.3 Å². The minimum atomic E-state index is -0.128. The summed E-state index contributed by atoms with van der Waals surface area (Å²) in [5, 5.41) is 3.33. The molecule has 90 valence electrons. The highest BCUT2D eigenvalue weighted by Crippen LogP contribution is 2.27. The van der Waals surface area contributed by atoms with Crippen LogP contribution in [0.2, 0.25) is 0 Å². The quantitative estimate of drug-likeness (QED) is 0.875. The first-order valence-corrected chi connectivity index (χ1v) is 6.08. The van der Waals surface area contributed by atoms with Gasteiger partial charge in [-0.3, -0.25) is 0 Å². The molecule has 0 bridgehead atoms. The van der Waals surface area contributed by atoms with Crippen LogP contribution in [0.15, 0.2) is 22.7 Å². The molecule has 0 atom stereocenters. The summed E-state index contributed by atoms with van der Waals surface area (Å²) in [6, 6.07) is 5.93. The van der Waals surface area contributed by atoms with Crippen molar-refractivity contribution in [3.05, 3.63) is 22.7 Å². The van der Waals surface area contributed by atoms with E-state index in [2.05, 4.69) is 21.2 Å². The van der Waals surface area contributed by atoms with Gasteiger partial charge in [-0.25, -0.2) is 0 Å². The maximum Gasteiger partial charge on any atom is 0.133 e. The van der Waals surface area contributed by atoms with Gasteiger partial charge >= 0.3 is 0 Å². The molecule has 0 radical (unpaired) electrons. The first-order valence-electron chi connectivity index (χ1n) is 5.29. The fraction of sp³-hybridized carbons (Fsp3) is 0.500. The molecule has 1 aromatic rings. The molecule has 16 heavy (non-hydrogen) atoms. The van der Waals surface area contributed by atoms with Crippen LogP contribution < -0.4 is 15.8 Å². The van der Waals surface area contributed by atoms with Gasteiger partial charge in [-0.2, -0.15) is 0 Å². The molecule has 4 heteroatoms. The third kappa shape index (κ3) is 4.41. The molecule has 0 fully saturated rings. The van der Waals surface area contributed by atoms with Gasteiger partial charge in [0.15, 0.2) is 0 Å². The minimum Gasteiger partial charge on any atom is -0.496 e. The Morgan fingerprint density at radius 2 is 2.12 bits per heavy atom. The molecule has 0 heterocycles. The average Bonchev–Trinajstić information content (AvgIpc) is 2.16. The number of ether oxygens (including phenoxy) is 1. The van der Waals surface area contributed by atoms with Crippen molar-refractivity contribution in [2.24, 2.45) is 5.73 Å². The molecule has 0 amide bonds. The lowest BCUT2D eigenvalue weighted by molar-refractivity contribution is 0.412. The molecule has 0 aliphatic rings. The lowest BCUT2D eigenvalue weighted by Gasteiger charge is -2.19. The van der Waals surface area contributed by atoms with E-state index in [-0.39, 0.29) is 5.54 Å². The number of halogens is 1. The molecule has 0 spiro atoms. The molecular formula is C12H19BrN2O. The second-order valence-corrected chi connectivity index (χ2v) is 5.37. The normalized spacial score (nSPS) is 11.3. The molecule has 3 nitrogen and oxygen atoms in total. The molecular weight excluding hydrogens is 268 g/mol. The Morgan fingerprint density at radius 1 is 1.44 bits per heavy atom. The van der Waals surface area contributed by atoms with E-state index >= 15 is 0 Å². The number of benzene rings is 1. The third-order valence-electron chi connectivity index (χ3n) is 2.25. The molecule has 0 aliphatic carbocycles. The van der Waals surface area contributed by atoms with Crippen molar-refractivity contribution in [3.8, 4) is 5.75 Å². The zero-order chi connectivity index (χ0) is 12.2. The first kappa shape index (κ1) is 13.3. The van der Waals surface area contributed by atoms with Gasteiger partial charge in [-0.05, 0) is 54.4 Å². The zero-order valence-corrected chi connectivity index (χ0v) is 11.6. The van der Waals surface area contributed by atoms with E-state index in [4.69, 9.17) is 10.5 Å². The summed E-state index contributed by atoms with van der Waals surface area (Å²) in [6.45, 7) is 4.92. The van der Waals surface area contributed by atoms with E-state index in [1.54, 1.807) is 7.11 Å². The van der Waals surface area contributed by atoms with Gasteiger partial charge < -0.3 is 15.8 Å². The molecule has 1 rings (SSSR count). The SMILES string of the molecule is COc1ccc(NCCC(C)(C)N)cc1Br. The van der Waals surface area contributed by atoms with Crippen LogP contribution in [-0.4, -0.2) is 19.2 Å². The van der Waals surface area contributed by atoms with Gasteiger partial charge in [0.25, 0.3) is 0 Å². The molecule has 0 aliphatic heterocycles. The summed E-state index contributed by atoms with van der Waals surface area (Å²) in [6.07, 6.45) is 0.927. The summed E-state index contributed by atoms with van der Waals surface area (Å²) in [5.74, 6) is 0.838. The Kier molecular flexibility index (Phi) is 4.62. The largest absolute Gasteiger partial charge is 0.496 e. The maximum absolute atomic E-state index is 5.91. The minimum absolute atomic E-state index is 0.128. The highest BCUT2D eigenvalue weighted by molar-refractivity contribution is 9.10. The van der Waals surface area contributed by atoms with Crippen LogP contribution >= 0.6 is 15.9 Å². The number of hydrogen-bond donors (Lipinski definition) is 2. The standard InChI is InChI=1S/C12H19BrN2O/c1-12(2,14)6-7-15-9-4-5-11(16-3)10(13)8-9/h4-5,8,15H,6-7,14H2,1-3H3. The summed E-state index contributed by atoms with van der Waals surface area (Å²) in [5.41, 5.74) is 6.84. The molecule has 0 aromatic heterocycles. The van der Waals surface area contributed by atoms with Crippen molar-refractivity contribution in [1.29, 1.82) is 0 Å². The fourth-order valence-corrected chi connectivity index (χ4v) is 1.85. The van der Waals surface area contributed by atoms with Gasteiger partial charge in [0, 0.05) is 17.8 Å². The monoisotopic (exact) mass is 286 g/mol. The van der Waals surface area contributed by atoms with Crippen LogP contribution in [0, 0.1) is 0 Å². The van der Waals surface area contributed by atoms with Gasteiger partial charge in [0.05, 0.1) is 11.6 Å². The van der Waals surface area contributed by atoms with Crippen molar-refractivity contribution in [2.45, 2.75) is 25.8 Å². The number of nitrogens with one attached hydrogen (secondary N) is 1. The van der Waals surface area contributed by atoms with Crippen molar-refractivity contribution < 1.29 is 4.74 Å². The van der Waals surface area contributed by atoms with E-state index in [0.29, 0.717) is 0 Å². The van der Waals surface area contributed by atoms with Crippen LogP contribution in [0.5, 0.6) is 5.75 Å². The Bertz CT molecular complexity index is 347. The van der Waals surface area contributed by atoms with Crippen molar-refractivity contribution in [2.75, 3.05) is 19.0 Å². The van der Waals surface area contributed by atoms with E-state index in [1.165, 1.54) is 0 Å². The van der Waals surface area contributed by atoms with Crippen LogP contribution in [0.4, 0.5) is 5.69 Å². The van der Waals surface area contributed by atoms with E-state index in [9.17, 15) is 0 Å². The van der Waals surface area contributed by atoms with Crippen LogP contribution in [0.3, 0.4) is 0 Å². The number of nitrogens with two attached hydrogens (primary N) is 1. The number of rotatable bonds is 5. The van der Waals surface area contributed by atoms with E-state index in [1.807, 2.05) is 32.0 Å². The topological polar surface area (TPSA) is 47.3 Å². The smallest absolute Gasteiger partial charge is 0.133 e. The Labute approximate surface area is 105 Å². The predicted molar refractivity (Wildman–Crippen MR) is 72.1 cm³/mol. The third-order valence-corrected chi connectivity index (χ3v) is 2.87. The van der Waals surface area contributed by atoms with E-state index in [0.717, 1.165) is 28.9 Å². The second kappa shape index (κ2) is 5.55. The zero-order valence-electron chi connectivity index (χ0n) is 10.0. The fourth-order valence-electron chi connectivity index (χ4n) is 1.31.